The summed E-state index contributed by atoms with van der Waals surface area (Å²) < 4.78 is 0. The van der Waals surface area contributed by atoms with Crippen LogP contribution in [0.25, 0.3) is 0 Å². The SMILES string of the molecule is CC1C(O)CCC1c1ccc(Cl)cc1. The van der Waals surface area contributed by atoms with E-state index in [1.807, 2.05) is 12.1 Å². The maximum absolute atomic E-state index is 9.66. The van der Waals surface area contributed by atoms with Crippen molar-refractivity contribution in [1.29, 1.82) is 0 Å². The molecule has 0 spiro atoms. The van der Waals surface area contributed by atoms with Gasteiger partial charge in [-0.2, -0.15) is 0 Å². The number of rotatable bonds is 1. The van der Waals surface area contributed by atoms with Crippen LogP contribution in [0.1, 0.15) is 31.2 Å². The van der Waals surface area contributed by atoms with Crippen molar-refractivity contribution in [2.75, 3.05) is 0 Å². The predicted molar refractivity (Wildman–Crippen MR) is 58.6 cm³/mol. The summed E-state index contributed by atoms with van der Waals surface area (Å²) >= 11 is 5.83. The van der Waals surface area contributed by atoms with Gasteiger partial charge in [0.1, 0.15) is 0 Å². The molecule has 3 unspecified atom stereocenters. The van der Waals surface area contributed by atoms with Crippen molar-refractivity contribution >= 4 is 11.6 Å². The zero-order valence-electron chi connectivity index (χ0n) is 8.28. The van der Waals surface area contributed by atoms with E-state index in [4.69, 9.17) is 11.6 Å². The van der Waals surface area contributed by atoms with E-state index < -0.39 is 0 Å². The molecule has 1 aliphatic rings. The van der Waals surface area contributed by atoms with E-state index in [1.54, 1.807) is 0 Å². The molecule has 76 valence electrons. The Balaban J connectivity index is 2.19. The number of benzene rings is 1. The summed E-state index contributed by atoms with van der Waals surface area (Å²) in [6.45, 7) is 2.12. The minimum atomic E-state index is -0.129. The van der Waals surface area contributed by atoms with E-state index in [-0.39, 0.29) is 6.10 Å². The number of aliphatic hydroxyl groups excluding tert-OH is 1. The van der Waals surface area contributed by atoms with Crippen molar-refractivity contribution in [3.8, 4) is 0 Å². The molecule has 3 atom stereocenters. The van der Waals surface area contributed by atoms with Gasteiger partial charge in [-0.15, -0.1) is 0 Å². The maximum Gasteiger partial charge on any atom is 0.0571 e. The third kappa shape index (κ3) is 1.79. The summed E-state index contributed by atoms with van der Waals surface area (Å²) in [6.07, 6.45) is 1.88. The molecule has 2 heteroatoms. The fourth-order valence-electron chi connectivity index (χ4n) is 2.32. The van der Waals surface area contributed by atoms with Gasteiger partial charge in [-0.05, 0) is 42.4 Å². The van der Waals surface area contributed by atoms with Gasteiger partial charge in [0.15, 0.2) is 0 Å². The lowest BCUT2D eigenvalue weighted by Gasteiger charge is -2.17. The summed E-state index contributed by atoms with van der Waals surface area (Å²) in [5, 5.41) is 10.4. The van der Waals surface area contributed by atoms with Crippen LogP contribution in [-0.2, 0) is 0 Å². The second-order valence-electron chi connectivity index (χ2n) is 4.16. The van der Waals surface area contributed by atoms with E-state index >= 15 is 0 Å². The van der Waals surface area contributed by atoms with Crippen LogP contribution in [0.2, 0.25) is 5.02 Å². The molecule has 1 saturated carbocycles. The minimum absolute atomic E-state index is 0.129. The van der Waals surface area contributed by atoms with Crippen molar-refractivity contribution < 1.29 is 5.11 Å². The van der Waals surface area contributed by atoms with E-state index in [9.17, 15) is 5.11 Å². The molecular formula is C12H15ClO. The molecule has 1 aromatic carbocycles. The summed E-state index contributed by atoms with van der Waals surface area (Å²) in [7, 11) is 0. The number of hydrogen-bond acceptors (Lipinski definition) is 1. The summed E-state index contributed by atoms with van der Waals surface area (Å²) in [4.78, 5) is 0. The van der Waals surface area contributed by atoms with Gasteiger partial charge < -0.3 is 5.11 Å². The molecule has 1 aliphatic carbocycles. The molecule has 0 radical (unpaired) electrons. The van der Waals surface area contributed by atoms with E-state index in [0.29, 0.717) is 11.8 Å². The summed E-state index contributed by atoms with van der Waals surface area (Å²) in [5.41, 5.74) is 1.30. The molecule has 0 bridgehead atoms. The van der Waals surface area contributed by atoms with Gasteiger partial charge >= 0.3 is 0 Å². The highest BCUT2D eigenvalue weighted by Gasteiger charge is 2.32. The third-order valence-electron chi connectivity index (χ3n) is 3.31. The van der Waals surface area contributed by atoms with Gasteiger partial charge in [-0.3, -0.25) is 0 Å². The van der Waals surface area contributed by atoms with Gasteiger partial charge in [0.25, 0.3) is 0 Å². The third-order valence-corrected chi connectivity index (χ3v) is 3.57. The first-order chi connectivity index (χ1) is 6.68. The molecule has 1 N–H and O–H groups in total. The Labute approximate surface area is 89.7 Å². The number of hydrogen-bond donors (Lipinski definition) is 1. The monoisotopic (exact) mass is 210 g/mol. The van der Waals surface area contributed by atoms with Crippen LogP contribution in [-0.4, -0.2) is 11.2 Å². The van der Waals surface area contributed by atoms with Gasteiger partial charge in [-0.25, -0.2) is 0 Å². The van der Waals surface area contributed by atoms with E-state index in [1.165, 1.54) is 5.56 Å². The molecule has 1 nitrogen and oxygen atoms in total. The van der Waals surface area contributed by atoms with E-state index in [2.05, 4.69) is 19.1 Å². The molecule has 0 amide bonds. The largest absolute Gasteiger partial charge is 0.393 e. The first kappa shape index (κ1) is 10.0. The Morgan fingerprint density at radius 1 is 1.21 bits per heavy atom. The highest BCUT2D eigenvalue weighted by atomic mass is 35.5. The molecular weight excluding hydrogens is 196 g/mol. The molecule has 1 fully saturated rings. The topological polar surface area (TPSA) is 20.2 Å². The lowest BCUT2D eigenvalue weighted by Crippen LogP contribution is -2.13. The van der Waals surface area contributed by atoms with Crippen molar-refractivity contribution in [3.05, 3.63) is 34.9 Å². The Morgan fingerprint density at radius 3 is 2.36 bits per heavy atom. The Morgan fingerprint density at radius 2 is 1.86 bits per heavy atom. The maximum atomic E-state index is 9.66. The van der Waals surface area contributed by atoms with Crippen LogP contribution in [0.15, 0.2) is 24.3 Å². The fraction of sp³-hybridized carbons (Fsp3) is 0.500. The molecule has 14 heavy (non-hydrogen) atoms. The van der Waals surface area contributed by atoms with Gasteiger partial charge in [-0.1, -0.05) is 30.7 Å². The van der Waals surface area contributed by atoms with Gasteiger partial charge in [0, 0.05) is 5.02 Å². The second-order valence-corrected chi connectivity index (χ2v) is 4.60. The Bertz CT molecular complexity index is 307. The average Bonchev–Trinajstić information content (AvgIpc) is 2.50. The molecule has 2 rings (SSSR count). The molecule has 0 heterocycles. The van der Waals surface area contributed by atoms with Crippen molar-refractivity contribution in [2.45, 2.75) is 31.8 Å². The molecule has 1 aromatic rings. The minimum Gasteiger partial charge on any atom is -0.393 e. The van der Waals surface area contributed by atoms with Gasteiger partial charge in [0.05, 0.1) is 6.10 Å². The van der Waals surface area contributed by atoms with E-state index in [0.717, 1.165) is 17.9 Å². The van der Waals surface area contributed by atoms with Crippen LogP contribution in [0.5, 0.6) is 0 Å². The average molecular weight is 211 g/mol. The predicted octanol–water partition coefficient (Wildman–Crippen LogP) is 3.21. The highest BCUT2D eigenvalue weighted by molar-refractivity contribution is 6.30. The number of aliphatic hydroxyl groups is 1. The van der Waals surface area contributed by atoms with Gasteiger partial charge in [0.2, 0.25) is 0 Å². The molecule has 0 saturated heterocycles. The van der Waals surface area contributed by atoms with Crippen LogP contribution >= 0.6 is 11.6 Å². The van der Waals surface area contributed by atoms with Crippen LogP contribution in [0.4, 0.5) is 0 Å². The first-order valence-corrected chi connectivity index (χ1v) is 5.50. The smallest absolute Gasteiger partial charge is 0.0571 e. The van der Waals surface area contributed by atoms with Crippen molar-refractivity contribution in [2.24, 2.45) is 5.92 Å². The zero-order chi connectivity index (χ0) is 10.1. The Kier molecular flexibility index (Phi) is 2.80. The quantitative estimate of drug-likeness (QED) is 0.755. The van der Waals surface area contributed by atoms with Crippen LogP contribution in [0.3, 0.4) is 0 Å². The lowest BCUT2D eigenvalue weighted by atomic mass is 9.90. The Hall–Kier alpha value is -0.530. The number of halogens is 1. The normalized spacial score (nSPS) is 32.1. The second kappa shape index (κ2) is 3.92. The molecule has 0 aromatic heterocycles. The van der Waals surface area contributed by atoms with Crippen LogP contribution in [0, 0.1) is 5.92 Å². The standard InChI is InChI=1S/C12H15ClO/c1-8-11(6-7-12(8)14)9-2-4-10(13)5-3-9/h2-5,8,11-12,14H,6-7H2,1H3. The first-order valence-electron chi connectivity index (χ1n) is 5.12. The summed E-state index contributed by atoms with van der Waals surface area (Å²) in [6, 6.07) is 7.99. The fourth-order valence-corrected chi connectivity index (χ4v) is 2.45. The molecule has 0 aliphatic heterocycles. The highest BCUT2D eigenvalue weighted by Crippen LogP contribution is 2.39. The summed E-state index contributed by atoms with van der Waals surface area (Å²) in [5.74, 6) is 0.874. The van der Waals surface area contributed by atoms with Crippen LogP contribution < -0.4 is 0 Å². The lowest BCUT2D eigenvalue weighted by molar-refractivity contribution is 0.136. The zero-order valence-corrected chi connectivity index (χ0v) is 9.04. The van der Waals surface area contributed by atoms with Crippen molar-refractivity contribution in [1.82, 2.24) is 0 Å². The van der Waals surface area contributed by atoms with Crippen molar-refractivity contribution in [3.63, 3.8) is 0 Å².